The third kappa shape index (κ3) is 4.62. The summed E-state index contributed by atoms with van der Waals surface area (Å²) in [6, 6.07) is 3.40. The third-order valence-electron chi connectivity index (χ3n) is 5.63. The van der Waals surface area contributed by atoms with Crippen LogP contribution in [0.4, 0.5) is 10.1 Å². The number of nitrogens with one attached hydrogen (secondary N) is 2. The van der Waals surface area contributed by atoms with Crippen LogP contribution in [0.1, 0.15) is 38.5 Å². The number of benzene rings is 1. The van der Waals surface area contributed by atoms with Gasteiger partial charge in [0.05, 0.1) is 16.6 Å². The molecule has 1 aromatic rings. The molecule has 3 rings (SSSR count). The monoisotopic (exact) mass is 382 g/mol. The van der Waals surface area contributed by atoms with Gasteiger partial charge < -0.3 is 10.6 Å². The largest absolute Gasteiger partial charge is 0.373 e. The molecule has 0 radical (unpaired) electrons. The van der Waals surface area contributed by atoms with Gasteiger partial charge in [0.1, 0.15) is 5.82 Å². The minimum atomic E-state index is -3.45. The Morgan fingerprint density at radius 1 is 1.15 bits per heavy atom. The van der Waals surface area contributed by atoms with Gasteiger partial charge in [-0.3, -0.25) is 4.79 Å². The molecule has 0 spiro atoms. The van der Waals surface area contributed by atoms with Crippen LogP contribution in [0.2, 0.25) is 0 Å². The van der Waals surface area contributed by atoms with Gasteiger partial charge in [-0.15, -0.1) is 0 Å². The quantitative estimate of drug-likeness (QED) is 0.791. The number of hydrogen-bond acceptors (Lipinski definition) is 5. The van der Waals surface area contributed by atoms with Crippen molar-refractivity contribution in [1.29, 1.82) is 0 Å². The molecule has 1 unspecified atom stereocenters. The first-order chi connectivity index (χ1) is 12.3. The molecule has 0 amide bonds. The first kappa shape index (κ1) is 19.3. The molecule has 5 nitrogen and oxygen atoms in total. The van der Waals surface area contributed by atoms with Crippen LogP contribution in [-0.4, -0.2) is 39.6 Å². The van der Waals surface area contributed by atoms with Crippen molar-refractivity contribution < 1.29 is 17.6 Å². The van der Waals surface area contributed by atoms with Crippen molar-refractivity contribution >= 4 is 21.3 Å². The van der Waals surface area contributed by atoms with Crippen molar-refractivity contribution in [2.45, 2.75) is 49.5 Å². The van der Waals surface area contributed by atoms with Crippen LogP contribution < -0.4 is 10.6 Å². The maximum absolute atomic E-state index is 14.2. The molecule has 1 aliphatic carbocycles. The number of sulfone groups is 1. The number of hydrogen-bond donors (Lipinski definition) is 2. The van der Waals surface area contributed by atoms with E-state index in [-0.39, 0.29) is 28.3 Å². The second kappa shape index (κ2) is 8.05. The molecular formula is C19H27FN2O3S. The molecule has 2 N–H and O–H groups in total. The van der Waals surface area contributed by atoms with Crippen molar-refractivity contribution in [1.82, 2.24) is 5.32 Å². The lowest BCUT2D eigenvalue weighted by Crippen LogP contribution is -2.29. The SMILES string of the molecule is CS(=O)(=O)c1ccc(N[C@H]2CCC(CCC3CCNCC3)C2=O)c(F)c1. The van der Waals surface area contributed by atoms with Crippen LogP contribution in [-0.2, 0) is 14.6 Å². The Bertz CT molecular complexity index is 760. The summed E-state index contributed by atoms with van der Waals surface area (Å²) in [4.78, 5) is 12.6. The molecule has 1 heterocycles. The molecule has 2 atom stereocenters. The standard InChI is InChI=1S/C19H27FN2O3S/c1-26(24,25)15-5-7-17(16(20)12-15)22-18-6-4-14(19(18)23)3-2-13-8-10-21-11-9-13/h5,7,12-14,18,21-22H,2-4,6,8-11H2,1H3/t14?,18-/m0/s1. The lowest BCUT2D eigenvalue weighted by Gasteiger charge is -2.23. The highest BCUT2D eigenvalue weighted by molar-refractivity contribution is 7.90. The van der Waals surface area contributed by atoms with E-state index in [1.54, 1.807) is 0 Å². The van der Waals surface area contributed by atoms with Crippen LogP contribution >= 0.6 is 0 Å². The summed E-state index contributed by atoms with van der Waals surface area (Å²) in [7, 11) is -3.45. The molecule has 1 aromatic carbocycles. The molecule has 144 valence electrons. The predicted molar refractivity (Wildman–Crippen MR) is 99.5 cm³/mol. The van der Waals surface area contributed by atoms with Crippen molar-refractivity contribution in [2.24, 2.45) is 11.8 Å². The topological polar surface area (TPSA) is 75.3 Å². The first-order valence-electron chi connectivity index (χ1n) is 9.35. The van der Waals surface area contributed by atoms with Crippen LogP contribution in [0.25, 0.3) is 0 Å². The molecule has 1 saturated carbocycles. The fraction of sp³-hybridized carbons (Fsp3) is 0.632. The van der Waals surface area contributed by atoms with Gasteiger partial charge >= 0.3 is 0 Å². The Morgan fingerprint density at radius 3 is 2.54 bits per heavy atom. The molecule has 1 saturated heterocycles. The molecule has 0 aromatic heterocycles. The highest BCUT2D eigenvalue weighted by atomic mass is 32.2. The molecule has 0 bridgehead atoms. The Hall–Kier alpha value is -1.47. The molecule has 2 fully saturated rings. The highest BCUT2D eigenvalue weighted by Crippen LogP contribution is 2.32. The average molecular weight is 383 g/mol. The fourth-order valence-corrected chi connectivity index (χ4v) is 4.64. The number of ketones is 1. The number of anilines is 1. The molecule has 7 heteroatoms. The van der Waals surface area contributed by atoms with Gasteiger partial charge in [-0.1, -0.05) is 0 Å². The Labute approximate surface area is 154 Å². The predicted octanol–water partition coefficient (Wildman–Crippen LogP) is 2.77. The van der Waals surface area contributed by atoms with Gasteiger partial charge in [0, 0.05) is 12.2 Å². The minimum absolute atomic E-state index is 0.0562. The van der Waals surface area contributed by atoms with Gasteiger partial charge in [-0.05, 0) is 75.7 Å². The van der Waals surface area contributed by atoms with Gasteiger partial charge in [0.15, 0.2) is 15.6 Å². The van der Waals surface area contributed by atoms with E-state index in [2.05, 4.69) is 10.6 Å². The van der Waals surface area contributed by atoms with Gasteiger partial charge in [0.2, 0.25) is 0 Å². The van der Waals surface area contributed by atoms with Gasteiger partial charge in [0.25, 0.3) is 0 Å². The molecule has 2 aliphatic rings. The zero-order valence-corrected chi connectivity index (χ0v) is 15.9. The number of carbonyl (C=O) groups excluding carboxylic acids is 1. The fourth-order valence-electron chi connectivity index (χ4n) is 4.01. The lowest BCUT2D eigenvalue weighted by atomic mass is 9.88. The summed E-state index contributed by atoms with van der Waals surface area (Å²) in [6.45, 7) is 2.13. The normalized spacial score (nSPS) is 24.8. The van der Waals surface area contributed by atoms with Crippen molar-refractivity contribution in [3.63, 3.8) is 0 Å². The maximum atomic E-state index is 14.2. The van der Waals surface area contributed by atoms with E-state index >= 15 is 0 Å². The van der Waals surface area contributed by atoms with Crippen molar-refractivity contribution in [2.75, 3.05) is 24.7 Å². The van der Waals surface area contributed by atoms with E-state index in [4.69, 9.17) is 0 Å². The first-order valence-corrected chi connectivity index (χ1v) is 11.2. The Kier molecular flexibility index (Phi) is 5.97. The van der Waals surface area contributed by atoms with Crippen LogP contribution in [0, 0.1) is 17.7 Å². The van der Waals surface area contributed by atoms with Crippen LogP contribution in [0.3, 0.4) is 0 Å². The minimum Gasteiger partial charge on any atom is -0.373 e. The van der Waals surface area contributed by atoms with E-state index in [1.165, 1.54) is 25.0 Å². The maximum Gasteiger partial charge on any atom is 0.175 e. The van der Waals surface area contributed by atoms with Crippen molar-refractivity contribution in [3.05, 3.63) is 24.0 Å². The number of piperidine rings is 1. The second-order valence-corrected chi connectivity index (χ2v) is 9.57. The third-order valence-corrected chi connectivity index (χ3v) is 6.74. The summed E-state index contributed by atoms with van der Waals surface area (Å²) in [5.74, 6) is 0.280. The smallest absolute Gasteiger partial charge is 0.175 e. The van der Waals surface area contributed by atoms with E-state index < -0.39 is 15.7 Å². The number of Topliss-reactive ketones (excluding diaryl/α,β-unsaturated/α-hetero) is 1. The average Bonchev–Trinajstić information content (AvgIpc) is 2.95. The Morgan fingerprint density at radius 2 is 1.88 bits per heavy atom. The summed E-state index contributed by atoms with van der Waals surface area (Å²) in [5.41, 5.74) is 0.190. The summed E-state index contributed by atoms with van der Waals surface area (Å²) >= 11 is 0. The molecule has 26 heavy (non-hydrogen) atoms. The molecule has 1 aliphatic heterocycles. The highest BCUT2D eigenvalue weighted by Gasteiger charge is 2.34. The van der Waals surface area contributed by atoms with E-state index in [9.17, 15) is 17.6 Å². The molecular weight excluding hydrogens is 355 g/mol. The van der Waals surface area contributed by atoms with Gasteiger partial charge in [-0.25, -0.2) is 12.8 Å². The number of carbonyl (C=O) groups is 1. The number of halogens is 1. The number of rotatable bonds is 6. The van der Waals surface area contributed by atoms with E-state index in [1.807, 2.05) is 0 Å². The zero-order chi connectivity index (χ0) is 18.7. The Balaban J connectivity index is 1.56. The van der Waals surface area contributed by atoms with E-state index in [0.29, 0.717) is 12.3 Å². The summed E-state index contributed by atoms with van der Waals surface area (Å²) in [6.07, 6.45) is 6.94. The van der Waals surface area contributed by atoms with Gasteiger partial charge in [-0.2, -0.15) is 0 Å². The van der Waals surface area contributed by atoms with Crippen molar-refractivity contribution in [3.8, 4) is 0 Å². The second-order valence-electron chi connectivity index (χ2n) is 7.56. The lowest BCUT2D eigenvalue weighted by molar-refractivity contribution is -0.121. The van der Waals surface area contributed by atoms with Crippen LogP contribution in [0.15, 0.2) is 23.1 Å². The zero-order valence-electron chi connectivity index (χ0n) is 15.1. The van der Waals surface area contributed by atoms with Crippen LogP contribution in [0.5, 0.6) is 0 Å². The summed E-state index contributed by atoms with van der Waals surface area (Å²) in [5, 5.41) is 6.33. The van der Waals surface area contributed by atoms with E-state index in [0.717, 1.165) is 44.7 Å². The summed E-state index contributed by atoms with van der Waals surface area (Å²) < 4.78 is 37.2.